The van der Waals surface area contributed by atoms with Gasteiger partial charge in [0.25, 0.3) is 0 Å². The van der Waals surface area contributed by atoms with E-state index in [1.807, 2.05) is 0 Å². The Hall–Kier alpha value is -0.160. The molecule has 0 aromatic carbocycles. The predicted molar refractivity (Wildman–Crippen MR) is 61.4 cm³/mol. The summed E-state index contributed by atoms with van der Waals surface area (Å²) in [6.07, 6.45) is 3.20. The van der Waals surface area contributed by atoms with Crippen LogP contribution in [0.25, 0.3) is 0 Å². The van der Waals surface area contributed by atoms with Gasteiger partial charge in [-0.1, -0.05) is 0 Å². The number of aliphatic hydroxyl groups excluding tert-OH is 1. The van der Waals surface area contributed by atoms with Gasteiger partial charge in [-0.25, -0.2) is 0 Å². The highest BCUT2D eigenvalue weighted by molar-refractivity contribution is 4.87. The number of hydrogen-bond acceptors (Lipinski definition) is 4. The maximum absolute atomic E-state index is 9.53. The highest BCUT2D eigenvalue weighted by Gasteiger charge is 2.36. The maximum Gasteiger partial charge on any atom is 0.0557 e. The zero-order valence-corrected chi connectivity index (χ0v) is 10.2. The van der Waals surface area contributed by atoms with E-state index in [1.165, 1.54) is 0 Å². The lowest BCUT2D eigenvalue weighted by Crippen LogP contribution is -2.45. The molecule has 0 amide bonds. The Morgan fingerprint density at radius 1 is 1.25 bits per heavy atom. The standard InChI is InChI=1S/C12H23NO3/c1-13(11-2-5-15-6-3-11)8-12(9-14)4-7-16-10-12/h11,14H,2-10H2,1H3. The third-order valence-corrected chi connectivity index (χ3v) is 3.92. The summed E-state index contributed by atoms with van der Waals surface area (Å²) in [5.41, 5.74) is -0.0208. The van der Waals surface area contributed by atoms with E-state index < -0.39 is 0 Å². The van der Waals surface area contributed by atoms with Gasteiger partial charge in [-0.2, -0.15) is 0 Å². The van der Waals surface area contributed by atoms with Gasteiger partial charge in [-0.3, -0.25) is 0 Å². The molecule has 2 aliphatic rings. The van der Waals surface area contributed by atoms with Crippen LogP contribution in [0.4, 0.5) is 0 Å². The fourth-order valence-corrected chi connectivity index (χ4v) is 2.73. The average molecular weight is 229 g/mol. The van der Waals surface area contributed by atoms with Gasteiger partial charge in [-0.05, 0) is 26.3 Å². The number of rotatable bonds is 4. The minimum Gasteiger partial charge on any atom is -0.396 e. The molecule has 4 heteroatoms. The van der Waals surface area contributed by atoms with Crippen molar-refractivity contribution in [2.75, 3.05) is 46.6 Å². The van der Waals surface area contributed by atoms with Crippen molar-refractivity contribution in [3.05, 3.63) is 0 Å². The fraction of sp³-hybridized carbons (Fsp3) is 1.00. The Balaban J connectivity index is 1.86. The van der Waals surface area contributed by atoms with Gasteiger partial charge in [0.15, 0.2) is 0 Å². The molecule has 16 heavy (non-hydrogen) atoms. The zero-order valence-electron chi connectivity index (χ0n) is 10.2. The monoisotopic (exact) mass is 229 g/mol. The second kappa shape index (κ2) is 5.45. The molecule has 0 radical (unpaired) electrons. The molecular formula is C12H23NO3. The summed E-state index contributed by atoms with van der Waals surface area (Å²) < 4.78 is 10.8. The molecule has 0 aromatic heterocycles. The Morgan fingerprint density at radius 3 is 2.56 bits per heavy atom. The largest absolute Gasteiger partial charge is 0.396 e. The number of nitrogens with zero attached hydrogens (tertiary/aromatic N) is 1. The zero-order chi connectivity index (χ0) is 11.4. The predicted octanol–water partition coefficient (Wildman–Crippen LogP) is 0.496. The molecule has 0 aromatic rings. The first kappa shape index (κ1) is 12.3. The minimum atomic E-state index is -0.0208. The first-order valence-electron chi connectivity index (χ1n) is 6.22. The fourth-order valence-electron chi connectivity index (χ4n) is 2.73. The molecule has 0 aliphatic carbocycles. The molecule has 2 saturated heterocycles. The molecule has 2 heterocycles. The van der Waals surface area contributed by atoms with Gasteiger partial charge in [0.05, 0.1) is 13.2 Å². The summed E-state index contributed by atoms with van der Waals surface area (Å²) in [4.78, 5) is 2.38. The van der Waals surface area contributed by atoms with Crippen molar-refractivity contribution in [1.29, 1.82) is 0 Å². The summed E-state index contributed by atoms with van der Waals surface area (Å²) in [5.74, 6) is 0. The lowest BCUT2D eigenvalue weighted by molar-refractivity contribution is 0.0101. The van der Waals surface area contributed by atoms with Crippen molar-refractivity contribution >= 4 is 0 Å². The summed E-state index contributed by atoms with van der Waals surface area (Å²) in [7, 11) is 2.16. The van der Waals surface area contributed by atoms with E-state index in [0.29, 0.717) is 12.6 Å². The molecule has 2 rings (SSSR count). The lowest BCUT2D eigenvalue weighted by atomic mass is 9.87. The van der Waals surface area contributed by atoms with Gasteiger partial charge >= 0.3 is 0 Å². The first-order valence-corrected chi connectivity index (χ1v) is 6.22. The summed E-state index contributed by atoms with van der Waals surface area (Å²) in [6, 6.07) is 0.609. The molecule has 0 saturated carbocycles. The number of aliphatic hydroxyl groups is 1. The topological polar surface area (TPSA) is 41.9 Å². The van der Waals surface area contributed by atoms with Crippen LogP contribution in [0.15, 0.2) is 0 Å². The Morgan fingerprint density at radius 2 is 2.00 bits per heavy atom. The van der Waals surface area contributed by atoms with Crippen molar-refractivity contribution in [3.8, 4) is 0 Å². The molecule has 0 bridgehead atoms. The van der Waals surface area contributed by atoms with E-state index in [1.54, 1.807) is 0 Å². The quantitative estimate of drug-likeness (QED) is 0.762. The van der Waals surface area contributed by atoms with Crippen LogP contribution in [0.3, 0.4) is 0 Å². The molecule has 2 aliphatic heterocycles. The third kappa shape index (κ3) is 2.74. The Bertz CT molecular complexity index is 210. The summed E-state index contributed by atoms with van der Waals surface area (Å²) >= 11 is 0. The average Bonchev–Trinajstić information content (AvgIpc) is 2.79. The van der Waals surface area contributed by atoms with E-state index in [0.717, 1.165) is 45.6 Å². The third-order valence-electron chi connectivity index (χ3n) is 3.92. The van der Waals surface area contributed by atoms with E-state index >= 15 is 0 Å². The summed E-state index contributed by atoms with van der Waals surface area (Å²) in [6.45, 7) is 4.42. The second-order valence-corrected chi connectivity index (χ2v) is 5.22. The minimum absolute atomic E-state index is 0.0208. The SMILES string of the molecule is CN(CC1(CO)CCOC1)C1CCOCC1. The van der Waals surface area contributed by atoms with E-state index in [-0.39, 0.29) is 12.0 Å². The molecule has 0 spiro atoms. The van der Waals surface area contributed by atoms with Gasteiger partial charge in [0.2, 0.25) is 0 Å². The number of hydrogen-bond donors (Lipinski definition) is 1. The van der Waals surface area contributed by atoms with Crippen molar-refractivity contribution in [2.24, 2.45) is 5.41 Å². The smallest absolute Gasteiger partial charge is 0.0557 e. The highest BCUT2D eigenvalue weighted by Crippen LogP contribution is 2.30. The van der Waals surface area contributed by atoms with Crippen molar-refractivity contribution in [2.45, 2.75) is 25.3 Å². The van der Waals surface area contributed by atoms with Crippen LogP contribution in [0.2, 0.25) is 0 Å². The molecule has 1 atom stereocenters. The Kier molecular flexibility index (Phi) is 4.19. The van der Waals surface area contributed by atoms with Gasteiger partial charge in [0, 0.05) is 37.8 Å². The van der Waals surface area contributed by atoms with Crippen LogP contribution in [0, 0.1) is 5.41 Å². The van der Waals surface area contributed by atoms with Gasteiger partial charge in [0.1, 0.15) is 0 Å². The summed E-state index contributed by atoms with van der Waals surface area (Å²) in [5, 5.41) is 9.53. The highest BCUT2D eigenvalue weighted by atomic mass is 16.5. The Labute approximate surface area is 97.5 Å². The lowest BCUT2D eigenvalue weighted by Gasteiger charge is -2.37. The van der Waals surface area contributed by atoms with Crippen LogP contribution in [0.5, 0.6) is 0 Å². The van der Waals surface area contributed by atoms with Crippen LogP contribution in [0.1, 0.15) is 19.3 Å². The second-order valence-electron chi connectivity index (χ2n) is 5.22. The molecule has 94 valence electrons. The van der Waals surface area contributed by atoms with E-state index in [9.17, 15) is 5.11 Å². The van der Waals surface area contributed by atoms with Gasteiger partial charge < -0.3 is 19.5 Å². The van der Waals surface area contributed by atoms with E-state index in [4.69, 9.17) is 9.47 Å². The van der Waals surface area contributed by atoms with Gasteiger partial charge in [-0.15, -0.1) is 0 Å². The molecule has 1 N–H and O–H groups in total. The van der Waals surface area contributed by atoms with Crippen LogP contribution in [-0.4, -0.2) is 62.7 Å². The molecule has 4 nitrogen and oxygen atoms in total. The first-order chi connectivity index (χ1) is 7.76. The normalized spacial score (nSPS) is 32.4. The van der Waals surface area contributed by atoms with Crippen LogP contribution >= 0.6 is 0 Å². The van der Waals surface area contributed by atoms with Crippen molar-refractivity contribution < 1.29 is 14.6 Å². The molecule has 1 unspecified atom stereocenters. The molecular weight excluding hydrogens is 206 g/mol. The number of ether oxygens (including phenoxy) is 2. The van der Waals surface area contributed by atoms with Crippen molar-refractivity contribution in [1.82, 2.24) is 4.90 Å². The van der Waals surface area contributed by atoms with E-state index in [2.05, 4.69) is 11.9 Å². The molecule has 2 fully saturated rings. The van der Waals surface area contributed by atoms with Crippen molar-refractivity contribution in [3.63, 3.8) is 0 Å². The maximum atomic E-state index is 9.53. The van der Waals surface area contributed by atoms with Crippen LogP contribution < -0.4 is 0 Å². The van der Waals surface area contributed by atoms with Crippen LogP contribution in [-0.2, 0) is 9.47 Å².